The monoisotopic (exact) mass is 315 g/mol. The molecule has 0 bridgehead atoms. The fourth-order valence-corrected chi connectivity index (χ4v) is 2.56. The third kappa shape index (κ3) is 9.21. The molecule has 0 aromatic rings. The second-order valence-corrected chi connectivity index (χ2v) is 6.67. The first kappa shape index (κ1) is 20.9. The lowest BCUT2D eigenvalue weighted by Crippen LogP contribution is -2.46. The molecule has 0 saturated carbocycles. The highest BCUT2D eigenvalue weighted by molar-refractivity contribution is 7.89. The molecular formula is C11H26ClN3O3S. The van der Waals surface area contributed by atoms with Gasteiger partial charge in [0, 0.05) is 12.6 Å². The quantitative estimate of drug-likeness (QED) is 0.596. The average Bonchev–Trinajstić information content (AvgIpc) is 2.24. The lowest BCUT2D eigenvalue weighted by molar-refractivity contribution is -0.123. The molecule has 0 aromatic heterocycles. The summed E-state index contributed by atoms with van der Waals surface area (Å²) in [6, 6.07) is -0.733. The predicted molar refractivity (Wildman–Crippen MR) is 79.7 cm³/mol. The lowest BCUT2D eigenvalue weighted by Gasteiger charge is -2.17. The van der Waals surface area contributed by atoms with Crippen LogP contribution in [0.25, 0.3) is 0 Å². The zero-order valence-electron chi connectivity index (χ0n) is 12.0. The van der Waals surface area contributed by atoms with Crippen LogP contribution in [0, 0.1) is 5.92 Å². The summed E-state index contributed by atoms with van der Waals surface area (Å²) in [5.74, 6) is -0.357. The minimum atomic E-state index is -3.33. The molecule has 0 saturated heterocycles. The van der Waals surface area contributed by atoms with Crippen molar-refractivity contribution in [2.24, 2.45) is 11.7 Å². The molecule has 8 heteroatoms. The molecule has 0 heterocycles. The van der Waals surface area contributed by atoms with Crippen LogP contribution in [0.5, 0.6) is 0 Å². The maximum atomic E-state index is 11.6. The van der Waals surface area contributed by atoms with Crippen molar-refractivity contribution in [3.05, 3.63) is 0 Å². The highest BCUT2D eigenvalue weighted by atomic mass is 35.5. The van der Waals surface area contributed by atoms with Crippen LogP contribution in [0.1, 0.15) is 34.1 Å². The largest absolute Gasteiger partial charge is 0.354 e. The van der Waals surface area contributed by atoms with Crippen LogP contribution in [0.15, 0.2) is 0 Å². The molecule has 2 unspecified atom stereocenters. The molecular weight excluding hydrogens is 290 g/mol. The van der Waals surface area contributed by atoms with Gasteiger partial charge in [-0.05, 0) is 19.8 Å². The van der Waals surface area contributed by atoms with E-state index < -0.39 is 16.1 Å². The van der Waals surface area contributed by atoms with Gasteiger partial charge in [-0.2, -0.15) is 0 Å². The van der Waals surface area contributed by atoms with Gasteiger partial charge in [0.1, 0.15) is 0 Å². The average molecular weight is 316 g/mol. The van der Waals surface area contributed by atoms with Gasteiger partial charge in [0.05, 0.1) is 11.8 Å². The minimum absolute atomic E-state index is 0. The number of sulfonamides is 1. The highest BCUT2D eigenvalue weighted by Crippen LogP contribution is 2.04. The zero-order valence-corrected chi connectivity index (χ0v) is 13.6. The number of carbonyl (C=O) groups is 1. The van der Waals surface area contributed by atoms with Gasteiger partial charge in [0.15, 0.2) is 0 Å². The van der Waals surface area contributed by atoms with Crippen LogP contribution in [-0.4, -0.2) is 38.7 Å². The van der Waals surface area contributed by atoms with Gasteiger partial charge in [-0.3, -0.25) is 4.79 Å². The van der Waals surface area contributed by atoms with Crippen molar-refractivity contribution in [3.8, 4) is 0 Å². The first-order chi connectivity index (χ1) is 8.19. The fraction of sp³-hybridized carbons (Fsp3) is 0.909. The molecule has 0 radical (unpaired) electrons. The van der Waals surface area contributed by atoms with Crippen molar-refractivity contribution in [1.29, 1.82) is 0 Å². The van der Waals surface area contributed by atoms with Crippen LogP contribution in [-0.2, 0) is 14.8 Å². The summed E-state index contributed by atoms with van der Waals surface area (Å²) in [7, 11) is -3.33. The van der Waals surface area contributed by atoms with Crippen molar-refractivity contribution in [3.63, 3.8) is 0 Å². The van der Waals surface area contributed by atoms with Gasteiger partial charge in [0.25, 0.3) is 0 Å². The summed E-state index contributed by atoms with van der Waals surface area (Å²) in [6.45, 7) is 7.41. The second-order valence-electron chi connectivity index (χ2n) is 4.79. The maximum absolute atomic E-state index is 11.6. The summed E-state index contributed by atoms with van der Waals surface area (Å²) in [5, 5.41) is 2.54. The third-order valence-corrected chi connectivity index (χ3v) is 4.22. The number of amides is 1. The van der Waals surface area contributed by atoms with E-state index in [1.807, 2.05) is 13.8 Å². The molecule has 0 rings (SSSR count). The SMILES string of the molecule is CCC(C)C(N)C(=O)NCCS(=O)(=O)NC(C)C.Cl. The topological polar surface area (TPSA) is 101 Å². The number of nitrogens with one attached hydrogen (secondary N) is 2. The molecule has 2 atom stereocenters. The summed E-state index contributed by atoms with van der Waals surface area (Å²) in [5.41, 5.74) is 5.72. The van der Waals surface area contributed by atoms with Crippen LogP contribution < -0.4 is 15.8 Å². The summed E-state index contributed by atoms with van der Waals surface area (Å²) in [4.78, 5) is 11.6. The second kappa shape index (κ2) is 9.52. The first-order valence-electron chi connectivity index (χ1n) is 6.23. The predicted octanol–water partition coefficient (Wildman–Crippen LogP) is 0.226. The Labute approximate surface area is 122 Å². The highest BCUT2D eigenvalue weighted by Gasteiger charge is 2.19. The smallest absolute Gasteiger partial charge is 0.237 e. The van der Waals surface area contributed by atoms with E-state index in [9.17, 15) is 13.2 Å². The van der Waals surface area contributed by atoms with E-state index >= 15 is 0 Å². The molecule has 19 heavy (non-hydrogen) atoms. The first-order valence-corrected chi connectivity index (χ1v) is 7.88. The number of carbonyl (C=O) groups excluding carboxylic acids is 1. The Morgan fingerprint density at radius 3 is 2.21 bits per heavy atom. The molecule has 6 nitrogen and oxygen atoms in total. The van der Waals surface area contributed by atoms with Gasteiger partial charge in [0.2, 0.25) is 15.9 Å². The van der Waals surface area contributed by atoms with Crippen LogP contribution in [0.4, 0.5) is 0 Å². The number of halogens is 1. The summed E-state index contributed by atoms with van der Waals surface area (Å²) < 4.78 is 25.4. The Kier molecular flexibility index (Phi) is 10.5. The summed E-state index contributed by atoms with van der Waals surface area (Å²) >= 11 is 0. The van der Waals surface area contributed by atoms with E-state index in [4.69, 9.17) is 5.73 Å². The van der Waals surface area contributed by atoms with Gasteiger partial charge in [-0.1, -0.05) is 20.3 Å². The van der Waals surface area contributed by atoms with E-state index in [1.54, 1.807) is 13.8 Å². The molecule has 0 aliphatic carbocycles. The van der Waals surface area contributed by atoms with Gasteiger partial charge >= 0.3 is 0 Å². The fourth-order valence-electron chi connectivity index (χ4n) is 1.36. The van der Waals surface area contributed by atoms with Crippen LogP contribution >= 0.6 is 12.4 Å². The molecule has 4 N–H and O–H groups in total. The molecule has 0 aliphatic heterocycles. The standard InChI is InChI=1S/C11H25N3O3S.ClH/c1-5-9(4)10(12)11(15)13-6-7-18(16,17)14-8(2)3;/h8-10,14H,5-7,12H2,1-4H3,(H,13,15);1H. The van der Waals surface area contributed by atoms with E-state index in [-0.39, 0.29) is 42.6 Å². The minimum Gasteiger partial charge on any atom is -0.354 e. The van der Waals surface area contributed by atoms with Crippen molar-refractivity contribution < 1.29 is 13.2 Å². The molecule has 116 valence electrons. The van der Waals surface area contributed by atoms with Gasteiger partial charge < -0.3 is 11.1 Å². The molecule has 0 aliphatic rings. The number of hydrogen-bond acceptors (Lipinski definition) is 4. The molecule has 0 spiro atoms. The Balaban J connectivity index is 0. The Hall–Kier alpha value is -0.370. The van der Waals surface area contributed by atoms with Crippen LogP contribution in [0.2, 0.25) is 0 Å². The maximum Gasteiger partial charge on any atom is 0.237 e. The van der Waals surface area contributed by atoms with Crippen molar-refractivity contribution in [1.82, 2.24) is 10.0 Å². The van der Waals surface area contributed by atoms with Gasteiger partial charge in [-0.25, -0.2) is 13.1 Å². The number of rotatable bonds is 8. The number of nitrogens with two attached hydrogens (primary N) is 1. The van der Waals surface area contributed by atoms with Crippen molar-refractivity contribution >= 4 is 28.3 Å². The Morgan fingerprint density at radius 2 is 1.79 bits per heavy atom. The molecule has 1 amide bonds. The van der Waals surface area contributed by atoms with Gasteiger partial charge in [-0.15, -0.1) is 12.4 Å². The number of hydrogen-bond donors (Lipinski definition) is 3. The van der Waals surface area contributed by atoms with E-state index in [1.165, 1.54) is 0 Å². The molecule has 0 aromatic carbocycles. The lowest BCUT2D eigenvalue weighted by atomic mass is 9.99. The Bertz CT molecular complexity index is 360. The van der Waals surface area contributed by atoms with Crippen molar-refractivity contribution in [2.45, 2.75) is 46.2 Å². The zero-order chi connectivity index (χ0) is 14.3. The van der Waals surface area contributed by atoms with E-state index in [2.05, 4.69) is 10.0 Å². The third-order valence-electron chi connectivity index (χ3n) is 2.65. The Morgan fingerprint density at radius 1 is 1.26 bits per heavy atom. The normalized spacial score (nSPS) is 14.6. The molecule has 0 fully saturated rings. The summed E-state index contributed by atoms with van der Waals surface area (Å²) in [6.07, 6.45) is 0.807. The van der Waals surface area contributed by atoms with E-state index in [0.717, 1.165) is 6.42 Å². The van der Waals surface area contributed by atoms with Crippen molar-refractivity contribution in [2.75, 3.05) is 12.3 Å². The van der Waals surface area contributed by atoms with E-state index in [0.29, 0.717) is 0 Å². The van der Waals surface area contributed by atoms with Crippen LogP contribution in [0.3, 0.4) is 0 Å².